The summed E-state index contributed by atoms with van der Waals surface area (Å²) in [4.78, 5) is 19.2. The molecule has 0 unspecified atom stereocenters. The zero-order valence-electron chi connectivity index (χ0n) is 24.7. The van der Waals surface area contributed by atoms with E-state index in [1.54, 1.807) is 22.9 Å². The molecule has 1 saturated heterocycles. The van der Waals surface area contributed by atoms with Gasteiger partial charge in [-0.3, -0.25) is 9.69 Å². The molecule has 0 spiro atoms. The fourth-order valence-electron chi connectivity index (χ4n) is 4.55. The van der Waals surface area contributed by atoms with Crippen molar-refractivity contribution in [2.24, 2.45) is 10.2 Å². The lowest BCUT2D eigenvalue weighted by atomic mass is 10.0. The van der Waals surface area contributed by atoms with Crippen LogP contribution in [0.2, 0.25) is 0 Å². The van der Waals surface area contributed by atoms with Gasteiger partial charge in [-0.25, -0.2) is 0 Å². The molecule has 0 saturated carbocycles. The van der Waals surface area contributed by atoms with Crippen molar-refractivity contribution < 1.29 is 14.3 Å². The van der Waals surface area contributed by atoms with Crippen LogP contribution in [0.5, 0.6) is 5.75 Å². The molecule has 1 aliphatic heterocycles. The van der Waals surface area contributed by atoms with Crippen LogP contribution in [-0.2, 0) is 9.53 Å². The van der Waals surface area contributed by atoms with Gasteiger partial charge in [-0.1, -0.05) is 68.1 Å². The average Bonchev–Trinajstić information content (AvgIpc) is 3.63. The van der Waals surface area contributed by atoms with E-state index in [2.05, 4.69) is 29.4 Å². The number of carbonyl (C=O) groups excluding carboxylic acids is 1. The number of methoxy groups -OCH3 is 1. The van der Waals surface area contributed by atoms with Gasteiger partial charge in [0.2, 0.25) is 11.9 Å². The Balaban J connectivity index is 1.34. The maximum atomic E-state index is 12.7. The molecule has 3 aromatic carbocycles. The Hall–Kier alpha value is -4.48. The van der Waals surface area contributed by atoms with Crippen molar-refractivity contribution >= 4 is 40.7 Å². The van der Waals surface area contributed by atoms with E-state index >= 15 is 0 Å². The molecule has 222 valence electrons. The molecule has 5 rings (SSSR count). The lowest BCUT2D eigenvalue weighted by Crippen LogP contribution is -2.30. The Morgan fingerprint density at radius 1 is 1.07 bits per heavy atom. The van der Waals surface area contributed by atoms with Gasteiger partial charge in [-0.2, -0.15) is 14.8 Å². The first-order valence-electron chi connectivity index (χ1n) is 14.2. The van der Waals surface area contributed by atoms with Crippen LogP contribution in [-0.4, -0.2) is 64.7 Å². The topological polar surface area (TPSA) is 106 Å². The smallest absolute Gasteiger partial charge is 0.243 e. The molecule has 1 aromatic heterocycles. The van der Waals surface area contributed by atoms with Crippen molar-refractivity contribution in [2.75, 3.05) is 42.8 Å². The summed E-state index contributed by atoms with van der Waals surface area (Å²) in [6.45, 7) is 8.02. The van der Waals surface area contributed by atoms with Gasteiger partial charge in [0.25, 0.3) is 0 Å². The average molecular weight is 598 g/mol. The zero-order chi connectivity index (χ0) is 30.2. The molecule has 0 atom stereocenters. The standard InChI is InChI=1S/C32H35N7O3S/c1-5-42-19-18-33-31-35-30(37-39(31)25-14-16-26(41-4)17-15-25)24-12-10-23(11-13-24)20-34-36-32-38(29(40)21-43-32)28-9-7-6-8-27(28)22(2)3/h6-17,20,22H,5,18-19,21H2,1-4H3,(H,33,35,37). The first-order chi connectivity index (χ1) is 21.0. The van der Waals surface area contributed by atoms with Crippen molar-refractivity contribution in [2.45, 2.75) is 26.7 Å². The number of hydrogen-bond donors (Lipinski definition) is 1. The second-order valence-electron chi connectivity index (χ2n) is 9.97. The van der Waals surface area contributed by atoms with E-state index < -0.39 is 0 Å². The van der Waals surface area contributed by atoms with Crippen LogP contribution in [0.3, 0.4) is 0 Å². The summed E-state index contributed by atoms with van der Waals surface area (Å²) < 4.78 is 12.5. The minimum Gasteiger partial charge on any atom is -0.497 e. The molecule has 10 nitrogen and oxygen atoms in total. The third-order valence-corrected chi connectivity index (χ3v) is 7.66. The van der Waals surface area contributed by atoms with E-state index in [9.17, 15) is 4.79 Å². The van der Waals surface area contributed by atoms with Crippen LogP contribution in [0, 0.1) is 0 Å². The van der Waals surface area contributed by atoms with Gasteiger partial charge in [-0.15, -0.1) is 10.2 Å². The van der Waals surface area contributed by atoms with Crippen molar-refractivity contribution in [3.05, 3.63) is 83.9 Å². The number of nitrogens with zero attached hydrogens (tertiary/aromatic N) is 6. The quantitative estimate of drug-likeness (QED) is 0.122. The molecule has 4 aromatic rings. The van der Waals surface area contributed by atoms with Gasteiger partial charge in [-0.05, 0) is 54.3 Å². The molecule has 43 heavy (non-hydrogen) atoms. The van der Waals surface area contributed by atoms with Gasteiger partial charge in [0.15, 0.2) is 11.0 Å². The Morgan fingerprint density at radius 2 is 1.84 bits per heavy atom. The molecule has 2 heterocycles. The summed E-state index contributed by atoms with van der Waals surface area (Å²) in [6.07, 6.45) is 1.68. The molecule has 1 N–H and O–H groups in total. The van der Waals surface area contributed by atoms with Crippen molar-refractivity contribution in [1.29, 1.82) is 0 Å². The van der Waals surface area contributed by atoms with Crippen LogP contribution >= 0.6 is 11.8 Å². The van der Waals surface area contributed by atoms with E-state index in [0.717, 1.165) is 33.8 Å². The first-order valence-corrected chi connectivity index (χ1v) is 15.2. The third kappa shape index (κ3) is 7.12. The fraction of sp³-hybridized carbons (Fsp3) is 0.281. The van der Waals surface area contributed by atoms with E-state index in [0.29, 0.717) is 42.5 Å². The van der Waals surface area contributed by atoms with E-state index in [-0.39, 0.29) is 11.8 Å². The minimum atomic E-state index is 0.00438. The molecular weight excluding hydrogens is 562 g/mol. The van der Waals surface area contributed by atoms with Crippen molar-refractivity contribution in [1.82, 2.24) is 14.8 Å². The van der Waals surface area contributed by atoms with Gasteiger partial charge < -0.3 is 14.8 Å². The fourth-order valence-corrected chi connectivity index (χ4v) is 5.36. The Bertz CT molecular complexity index is 1600. The summed E-state index contributed by atoms with van der Waals surface area (Å²) in [5, 5.41) is 17.4. The molecule has 1 amide bonds. The number of amides is 1. The normalized spacial score (nSPS) is 14.4. The van der Waals surface area contributed by atoms with Crippen LogP contribution in [0.1, 0.15) is 37.8 Å². The lowest BCUT2D eigenvalue weighted by Gasteiger charge is -2.20. The summed E-state index contributed by atoms with van der Waals surface area (Å²) >= 11 is 1.39. The maximum Gasteiger partial charge on any atom is 0.243 e. The summed E-state index contributed by atoms with van der Waals surface area (Å²) in [5.74, 6) is 2.59. The lowest BCUT2D eigenvalue weighted by molar-refractivity contribution is -0.115. The Morgan fingerprint density at radius 3 is 2.56 bits per heavy atom. The second-order valence-corrected chi connectivity index (χ2v) is 10.9. The number of aromatic nitrogens is 3. The van der Waals surface area contributed by atoms with Gasteiger partial charge in [0.1, 0.15) is 5.75 Å². The van der Waals surface area contributed by atoms with Crippen LogP contribution in [0.15, 0.2) is 83.0 Å². The summed E-state index contributed by atoms with van der Waals surface area (Å²) in [6, 6.07) is 23.4. The predicted molar refractivity (Wildman–Crippen MR) is 174 cm³/mol. The second kappa shape index (κ2) is 14.1. The van der Waals surface area contributed by atoms with E-state index in [1.807, 2.05) is 79.7 Å². The van der Waals surface area contributed by atoms with Crippen LogP contribution in [0.25, 0.3) is 17.1 Å². The molecule has 1 aliphatic rings. The van der Waals surface area contributed by atoms with Crippen molar-refractivity contribution in [3.8, 4) is 22.8 Å². The number of carbonyl (C=O) groups is 1. The molecule has 0 aliphatic carbocycles. The highest BCUT2D eigenvalue weighted by molar-refractivity contribution is 8.15. The molecule has 11 heteroatoms. The number of benzene rings is 3. The summed E-state index contributed by atoms with van der Waals surface area (Å²) in [7, 11) is 1.64. The number of ether oxygens (including phenoxy) is 2. The monoisotopic (exact) mass is 597 g/mol. The number of rotatable bonds is 12. The van der Waals surface area contributed by atoms with Gasteiger partial charge >= 0.3 is 0 Å². The third-order valence-electron chi connectivity index (χ3n) is 6.74. The number of nitrogens with one attached hydrogen (secondary N) is 1. The maximum absolute atomic E-state index is 12.7. The number of para-hydroxylation sites is 1. The van der Waals surface area contributed by atoms with E-state index in [4.69, 9.17) is 19.6 Å². The summed E-state index contributed by atoms with van der Waals surface area (Å²) in [5.41, 5.74) is 4.54. The number of anilines is 2. The van der Waals surface area contributed by atoms with Crippen LogP contribution in [0.4, 0.5) is 11.6 Å². The van der Waals surface area contributed by atoms with Crippen molar-refractivity contribution in [3.63, 3.8) is 0 Å². The Labute approximate surface area is 255 Å². The van der Waals surface area contributed by atoms with E-state index in [1.165, 1.54) is 11.8 Å². The van der Waals surface area contributed by atoms with Gasteiger partial charge in [0.05, 0.1) is 37.1 Å². The highest BCUT2D eigenvalue weighted by Gasteiger charge is 2.31. The molecule has 0 radical (unpaired) electrons. The number of amidine groups is 1. The molecule has 1 fully saturated rings. The highest BCUT2D eigenvalue weighted by atomic mass is 32.2. The van der Waals surface area contributed by atoms with Gasteiger partial charge in [0, 0.05) is 18.7 Å². The number of thioether (sulfide) groups is 1. The molecule has 0 bridgehead atoms. The minimum absolute atomic E-state index is 0.00438. The highest BCUT2D eigenvalue weighted by Crippen LogP contribution is 2.33. The SMILES string of the molecule is CCOCCNc1nc(-c2ccc(C=NN=C3SCC(=O)N3c3ccccc3C(C)C)cc2)nn1-c1ccc(OC)cc1. The molecular formula is C32H35N7O3S. The number of hydrogen-bond acceptors (Lipinski definition) is 9. The zero-order valence-corrected chi connectivity index (χ0v) is 25.5. The van der Waals surface area contributed by atoms with Crippen LogP contribution < -0.4 is 15.0 Å². The predicted octanol–water partition coefficient (Wildman–Crippen LogP) is 5.98. The largest absolute Gasteiger partial charge is 0.497 e. The Kier molecular flexibility index (Phi) is 9.85. The first kappa shape index (κ1) is 30.0.